The molecule has 172 valence electrons. The van der Waals surface area contributed by atoms with Gasteiger partial charge in [-0.2, -0.15) is 0 Å². The van der Waals surface area contributed by atoms with Crippen molar-refractivity contribution in [2.45, 2.75) is 134 Å². The van der Waals surface area contributed by atoms with E-state index in [1.165, 1.54) is 89.9 Å². The molecule has 0 spiro atoms. The summed E-state index contributed by atoms with van der Waals surface area (Å²) >= 11 is 1.66. The van der Waals surface area contributed by atoms with E-state index in [0.29, 0.717) is 4.90 Å². The number of hydrogen-bond acceptors (Lipinski definition) is 3. The first-order valence-electron chi connectivity index (χ1n) is 12.7. The number of sulfone groups is 1. The first kappa shape index (κ1) is 25.6. The molecule has 0 bridgehead atoms. The van der Waals surface area contributed by atoms with Crippen molar-refractivity contribution in [1.29, 1.82) is 0 Å². The maximum Gasteiger partial charge on any atom is 0.201 e. The minimum Gasteiger partial charge on any atom is -0.219 e. The van der Waals surface area contributed by atoms with E-state index in [1.807, 2.05) is 0 Å². The summed E-state index contributed by atoms with van der Waals surface area (Å²) < 4.78 is 25.5. The zero-order chi connectivity index (χ0) is 21.7. The summed E-state index contributed by atoms with van der Waals surface area (Å²) in [5.74, 6) is 0. The Morgan fingerprint density at radius 3 is 1.67 bits per heavy atom. The highest BCUT2D eigenvalue weighted by atomic mass is 32.2. The predicted molar refractivity (Wildman–Crippen MR) is 133 cm³/mol. The molecule has 0 aromatic carbocycles. The summed E-state index contributed by atoms with van der Waals surface area (Å²) in [5.41, 5.74) is 2.14. The minimum absolute atomic E-state index is 0.657. The van der Waals surface area contributed by atoms with Crippen LogP contribution in [-0.4, -0.2) is 8.42 Å². The van der Waals surface area contributed by atoms with Crippen LogP contribution in [0.2, 0.25) is 0 Å². The molecule has 2 heterocycles. The second-order valence-electron chi connectivity index (χ2n) is 9.06. The van der Waals surface area contributed by atoms with Gasteiger partial charge in [0.25, 0.3) is 0 Å². The fourth-order valence-electron chi connectivity index (χ4n) is 4.46. The standard InChI is InChI=1S/C26H44O2S2/c1-3-5-7-9-11-13-15-17-19-23-21-29-25-24(22-30(27,28)26(23)25)20-18-16-14-12-10-8-6-4-2/h21-22H,3-20H2,1-2H3. The van der Waals surface area contributed by atoms with Crippen LogP contribution >= 0.6 is 11.3 Å². The van der Waals surface area contributed by atoms with Crippen LogP contribution in [0.5, 0.6) is 0 Å². The Kier molecular flexibility index (Phi) is 12.4. The van der Waals surface area contributed by atoms with Crippen molar-refractivity contribution in [3.8, 4) is 0 Å². The van der Waals surface area contributed by atoms with Gasteiger partial charge in [-0.1, -0.05) is 104 Å². The number of hydrogen-bond donors (Lipinski definition) is 0. The maximum absolute atomic E-state index is 12.7. The first-order chi connectivity index (χ1) is 14.6. The number of fused-ring (bicyclic) bond motifs is 1. The molecule has 0 amide bonds. The highest BCUT2D eigenvalue weighted by Gasteiger charge is 2.31. The van der Waals surface area contributed by atoms with Crippen LogP contribution in [0.1, 0.15) is 133 Å². The molecule has 2 rings (SSSR count). The van der Waals surface area contributed by atoms with Gasteiger partial charge >= 0.3 is 0 Å². The summed E-state index contributed by atoms with van der Waals surface area (Å²) in [5, 5.41) is 3.69. The smallest absolute Gasteiger partial charge is 0.201 e. The second kappa shape index (κ2) is 14.5. The van der Waals surface area contributed by atoms with E-state index < -0.39 is 9.84 Å². The monoisotopic (exact) mass is 452 g/mol. The van der Waals surface area contributed by atoms with Crippen LogP contribution in [0.3, 0.4) is 0 Å². The molecule has 0 saturated heterocycles. The fourth-order valence-corrected chi connectivity index (χ4v) is 7.79. The van der Waals surface area contributed by atoms with Crippen molar-refractivity contribution in [2.75, 3.05) is 0 Å². The summed E-state index contributed by atoms with van der Waals surface area (Å²) in [4.78, 5) is 1.71. The molecule has 0 radical (unpaired) electrons. The van der Waals surface area contributed by atoms with Gasteiger partial charge in [-0.15, -0.1) is 11.3 Å². The number of unbranched alkanes of at least 4 members (excludes halogenated alkanes) is 14. The molecule has 0 N–H and O–H groups in total. The van der Waals surface area contributed by atoms with Crippen LogP contribution < -0.4 is 0 Å². The van der Waals surface area contributed by atoms with E-state index in [9.17, 15) is 8.42 Å². The molecule has 0 fully saturated rings. The van der Waals surface area contributed by atoms with Gasteiger partial charge in [-0.25, -0.2) is 8.42 Å². The number of thiophene rings is 1. The van der Waals surface area contributed by atoms with Crippen LogP contribution in [0.4, 0.5) is 0 Å². The molecule has 0 aliphatic carbocycles. The van der Waals surface area contributed by atoms with Crippen molar-refractivity contribution in [3.05, 3.63) is 21.2 Å². The average molecular weight is 453 g/mol. The summed E-state index contributed by atoms with van der Waals surface area (Å²) in [6.45, 7) is 4.51. The molecule has 1 aliphatic heterocycles. The Morgan fingerprint density at radius 2 is 1.13 bits per heavy atom. The Balaban J connectivity index is 1.71. The van der Waals surface area contributed by atoms with Gasteiger partial charge in [0.15, 0.2) is 0 Å². The molecular weight excluding hydrogens is 408 g/mol. The van der Waals surface area contributed by atoms with Gasteiger partial charge < -0.3 is 0 Å². The zero-order valence-electron chi connectivity index (χ0n) is 19.5. The van der Waals surface area contributed by atoms with Gasteiger partial charge in [0, 0.05) is 5.41 Å². The lowest BCUT2D eigenvalue weighted by Gasteiger charge is -2.03. The Morgan fingerprint density at radius 1 is 0.667 bits per heavy atom. The molecule has 4 heteroatoms. The molecule has 1 aromatic heterocycles. The van der Waals surface area contributed by atoms with Gasteiger partial charge in [0.05, 0.1) is 9.77 Å². The molecular formula is C26H44O2S2. The molecule has 2 nitrogen and oxygen atoms in total. The van der Waals surface area contributed by atoms with Crippen molar-refractivity contribution >= 4 is 26.7 Å². The quantitative estimate of drug-likeness (QED) is 0.208. The van der Waals surface area contributed by atoms with Crippen LogP contribution in [-0.2, 0) is 16.3 Å². The highest BCUT2D eigenvalue weighted by Crippen LogP contribution is 2.43. The van der Waals surface area contributed by atoms with Gasteiger partial charge in [-0.05, 0) is 42.2 Å². The van der Waals surface area contributed by atoms with Gasteiger partial charge in [0.2, 0.25) is 9.84 Å². The summed E-state index contributed by atoms with van der Waals surface area (Å²) in [6.07, 6.45) is 22.4. The summed E-state index contributed by atoms with van der Waals surface area (Å²) in [7, 11) is -3.21. The van der Waals surface area contributed by atoms with Crippen molar-refractivity contribution in [1.82, 2.24) is 0 Å². The van der Waals surface area contributed by atoms with Crippen molar-refractivity contribution in [3.63, 3.8) is 0 Å². The first-order valence-corrected chi connectivity index (χ1v) is 15.1. The number of aryl methyl sites for hydroxylation is 1. The summed E-state index contributed by atoms with van der Waals surface area (Å²) in [6, 6.07) is 0. The molecule has 30 heavy (non-hydrogen) atoms. The topological polar surface area (TPSA) is 34.1 Å². The average Bonchev–Trinajstić information content (AvgIpc) is 3.26. The van der Waals surface area contributed by atoms with E-state index in [2.05, 4.69) is 19.2 Å². The minimum atomic E-state index is -3.21. The highest BCUT2D eigenvalue weighted by molar-refractivity contribution is 7.95. The van der Waals surface area contributed by atoms with E-state index in [4.69, 9.17) is 0 Å². The molecule has 1 aliphatic rings. The molecule has 0 atom stereocenters. The Hall–Kier alpha value is -0.610. The predicted octanol–water partition coefficient (Wildman–Crippen LogP) is 9.09. The normalized spacial score (nSPS) is 14.8. The van der Waals surface area contributed by atoms with Gasteiger partial charge in [-0.3, -0.25) is 0 Å². The largest absolute Gasteiger partial charge is 0.219 e. The van der Waals surface area contributed by atoms with Crippen molar-refractivity contribution in [2.24, 2.45) is 0 Å². The van der Waals surface area contributed by atoms with Crippen molar-refractivity contribution < 1.29 is 8.42 Å². The third-order valence-corrected chi connectivity index (χ3v) is 9.15. The van der Waals surface area contributed by atoms with E-state index in [-0.39, 0.29) is 0 Å². The lowest BCUT2D eigenvalue weighted by atomic mass is 10.0. The van der Waals surface area contributed by atoms with E-state index in [1.54, 1.807) is 16.7 Å². The van der Waals surface area contributed by atoms with E-state index in [0.717, 1.165) is 41.7 Å². The molecule has 1 aromatic rings. The lowest BCUT2D eigenvalue weighted by molar-refractivity contribution is 0.574. The SMILES string of the molecule is CCCCCCCCCCC1=CS(=O)(=O)c2c(CCCCCCCCCC)csc21. The lowest BCUT2D eigenvalue weighted by Crippen LogP contribution is -1.96. The molecule has 0 unspecified atom stereocenters. The number of rotatable bonds is 18. The maximum atomic E-state index is 12.7. The Labute approximate surface area is 190 Å². The third-order valence-electron chi connectivity index (χ3n) is 6.29. The van der Waals surface area contributed by atoms with E-state index >= 15 is 0 Å². The molecule has 0 saturated carbocycles. The second-order valence-corrected chi connectivity index (χ2v) is 11.7. The van der Waals surface area contributed by atoms with Crippen LogP contribution in [0.15, 0.2) is 15.7 Å². The zero-order valence-corrected chi connectivity index (χ0v) is 21.1. The van der Waals surface area contributed by atoms with Gasteiger partial charge in [0.1, 0.15) is 0 Å². The van der Waals surface area contributed by atoms with Crippen LogP contribution in [0, 0.1) is 0 Å². The fraction of sp³-hybridized carbons (Fsp3) is 0.769. The number of allylic oxidation sites excluding steroid dienone is 1. The Bertz CT molecular complexity index is 728. The third kappa shape index (κ3) is 8.49. The van der Waals surface area contributed by atoms with Crippen LogP contribution in [0.25, 0.3) is 5.57 Å².